The Hall–Kier alpha value is -3.26. The Morgan fingerprint density at radius 2 is 2.12 bits per heavy atom. The molecule has 3 aromatic rings. The number of nitrogens with zero attached hydrogens (tertiary/aromatic N) is 1. The van der Waals surface area contributed by atoms with Crippen LogP contribution in [0, 0.1) is 11.3 Å². The Labute approximate surface area is 139 Å². The molecule has 0 bridgehead atoms. The lowest BCUT2D eigenvalue weighted by molar-refractivity contribution is 0.0527. The number of nitrogens with two attached hydrogens (primary N) is 1. The topological polar surface area (TPSA) is 91.9 Å². The van der Waals surface area contributed by atoms with Gasteiger partial charge in [-0.05, 0) is 36.2 Å². The number of benzene rings is 2. The summed E-state index contributed by atoms with van der Waals surface area (Å²) in [6.07, 6.45) is 1.83. The van der Waals surface area contributed by atoms with Gasteiger partial charge in [-0.2, -0.15) is 5.26 Å². The Morgan fingerprint density at radius 1 is 1.33 bits per heavy atom. The summed E-state index contributed by atoms with van der Waals surface area (Å²) in [5.41, 5.74) is 9.05. The number of nitrogens with one attached hydrogen (secondary N) is 1. The smallest absolute Gasteiger partial charge is 0.340 e. The van der Waals surface area contributed by atoms with Gasteiger partial charge in [0.1, 0.15) is 0 Å². The van der Waals surface area contributed by atoms with E-state index in [4.69, 9.17) is 10.5 Å². The molecule has 1 atom stereocenters. The second kappa shape index (κ2) is 6.47. The largest absolute Gasteiger partial charge is 0.462 e. The van der Waals surface area contributed by atoms with Crippen molar-refractivity contribution < 1.29 is 9.53 Å². The number of esters is 1. The van der Waals surface area contributed by atoms with Crippen molar-refractivity contribution in [1.29, 1.82) is 5.26 Å². The first-order valence-electron chi connectivity index (χ1n) is 7.68. The van der Waals surface area contributed by atoms with Crippen LogP contribution in [-0.2, 0) is 4.74 Å². The second-order valence-electron chi connectivity index (χ2n) is 5.42. The van der Waals surface area contributed by atoms with E-state index in [-0.39, 0.29) is 12.2 Å². The van der Waals surface area contributed by atoms with Crippen LogP contribution in [-0.4, -0.2) is 17.6 Å². The van der Waals surface area contributed by atoms with E-state index >= 15 is 0 Å². The summed E-state index contributed by atoms with van der Waals surface area (Å²) >= 11 is 0. The molecule has 0 fully saturated rings. The van der Waals surface area contributed by atoms with Crippen LogP contribution in [0.1, 0.15) is 34.3 Å². The summed E-state index contributed by atoms with van der Waals surface area (Å²) in [5, 5.41) is 10.7. The van der Waals surface area contributed by atoms with Crippen molar-refractivity contribution in [2.45, 2.75) is 12.8 Å². The molecule has 120 valence electrons. The fourth-order valence-corrected chi connectivity index (χ4v) is 2.80. The molecular formula is C19H17N3O2. The molecular weight excluding hydrogens is 302 g/mol. The third kappa shape index (κ3) is 2.70. The standard InChI is InChI=1S/C19H17N3O2/c1-2-24-19(23)14-9-12(7-8-17(14)21)15(10-20)16-11-22-18-6-4-3-5-13(16)18/h3-9,11,15,22H,2,21H2,1H3. The van der Waals surface area contributed by atoms with Crippen LogP contribution < -0.4 is 5.73 Å². The molecule has 0 spiro atoms. The maximum Gasteiger partial charge on any atom is 0.340 e. The van der Waals surface area contributed by atoms with E-state index in [1.807, 2.05) is 30.5 Å². The molecule has 2 aromatic carbocycles. The van der Waals surface area contributed by atoms with Crippen LogP contribution in [0.15, 0.2) is 48.7 Å². The number of rotatable bonds is 4. The minimum Gasteiger partial charge on any atom is -0.462 e. The number of carbonyl (C=O) groups excluding carboxylic acids is 1. The van der Waals surface area contributed by atoms with Crippen LogP contribution in [0.3, 0.4) is 0 Å². The van der Waals surface area contributed by atoms with Crippen molar-refractivity contribution in [3.63, 3.8) is 0 Å². The summed E-state index contributed by atoms with van der Waals surface area (Å²) < 4.78 is 5.03. The number of H-pyrrole nitrogens is 1. The van der Waals surface area contributed by atoms with Gasteiger partial charge < -0.3 is 15.5 Å². The van der Waals surface area contributed by atoms with Gasteiger partial charge in [-0.15, -0.1) is 0 Å². The molecule has 0 amide bonds. The van der Waals surface area contributed by atoms with E-state index in [0.29, 0.717) is 11.3 Å². The van der Waals surface area contributed by atoms with E-state index in [1.165, 1.54) is 0 Å². The maximum absolute atomic E-state index is 12.0. The van der Waals surface area contributed by atoms with E-state index in [0.717, 1.165) is 16.5 Å². The molecule has 0 saturated heterocycles. The lowest BCUT2D eigenvalue weighted by atomic mass is 9.91. The van der Waals surface area contributed by atoms with E-state index in [1.54, 1.807) is 25.1 Å². The number of hydrogen-bond donors (Lipinski definition) is 2. The number of anilines is 1. The van der Waals surface area contributed by atoms with Gasteiger partial charge >= 0.3 is 5.97 Å². The van der Waals surface area contributed by atoms with Gasteiger partial charge in [0.05, 0.1) is 24.2 Å². The summed E-state index contributed by atoms with van der Waals surface area (Å²) in [7, 11) is 0. The van der Waals surface area contributed by atoms with E-state index in [9.17, 15) is 10.1 Å². The van der Waals surface area contributed by atoms with E-state index < -0.39 is 11.9 Å². The van der Waals surface area contributed by atoms with Crippen molar-refractivity contribution >= 4 is 22.6 Å². The Morgan fingerprint density at radius 3 is 2.88 bits per heavy atom. The molecule has 0 aliphatic rings. The predicted molar refractivity (Wildman–Crippen MR) is 92.6 cm³/mol. The van der Waals surface area contributed by atoms with Gasteiger partial charge in [-0.3, -0.25) is 0 Å². The normalized spacial score (nSPS) is 11.8. The molecule has 0 aliphatic carbocycles. The zero-order valence-electron chi connectivity index (χ0n) is 13.2. The number of hydrogen-bond acceptors (Lipinski definition) is 4. The van der Waals surface area contributed by atoms with Crippen molar-refractivity contribution in [3.05, 3.63) is 65.4 Å². The summed E-state index contributed by atoms with van der Waals surface area (Å²) in [4.78, 5) is 15.2. The molecule has 24 heavy (non-hydrogen) atoms. The first kappa shape index (κ1) is 15.6. The average molecular weight is 319 g/mol. The lowest BCUT2D eigenvalue weighted by Crippen LogP contribution is -2.09. The highest BCUT2D eigenvalue weighted by atomic mass is 16.5. The van der Waals surface area contributed by atoms with Crippen LogP contribution in [0.25, 0.3) is 10.9 Å². The van der Waals surface area contributed by atoms with Gasteiger partial charge in [0.15, 0.2) is 0 Å². The van der Waals surface area contributed by atoms with Crippen LogP contribution in [0.5, 0.6) is 0 Å². The van der Waals surface area contributed by atoms with Gasteiger partial charge in [0, 0.05) is 22.8 Å². The highest BCUT2D eigenvalue weighted by Gasteiger charge is 2.20. The fourth-order valence-electron chi connectivity index (χ4n) is 2.80. The fraction of sp³-hybridized carbons (Fsp3) is 0.158. The number of nitriles is 1. The summed E-state index contributed by atoms with van der Waals surface area (Å²) in [6, 6.07) is 15.2. The lowest BCUT2D eigenvalue weighted by Gasteiger charge is -2.12. The average Bonchev–Trinajstić information content (AvgIpc) is 3.01. The molecule has 5 heteroatoms. The van der Waals surface area contributed by atoms with Crippen molar-refractivity contribution in [1.82, 2.24) is 4.98 Å². The molecule has 0 aliphatic heterocycles. The zero-order valence-corrected chi connectivity index (χ0v) is 13.2. The predicted octanol–water partition coefficient (Wildman–Crippen LogP) is 3.58. The Kier molecular flexibility index (Phi) is 4.21. The number of carbonyl (C=O) groups is 1. The van der Waals surface area contributed by atoms with Crippen molar-refractivity contribution in [3.8, 4) is 6.07 Å². The second-order valence-corrected chi connectivity index (χ2v) is 5.42. The highest BCUT2D eigenvalue weighted by molar-refractivity contribution is 5.95. The maximum atomic E-state index is 12.0. The first-order chi connectivity index (χ1) is 11.7. The summed E-state index contributed by atoms with van der Waals surface area (Å²) in [5.74, 6) is -0.984. The number of aromatic amines is 1. The molecule has 0 saturated carbocycles. The minimum absolute atomic E-state index is 0.270. The molecule has 3 rings (SSSR count). The van der Waals surface area contributed by atoms with Gasteiger partial charge in [-0.1, -0.05) is 24.3 Å². The Balaban J connectivity index is 2.08. The third-order valence-electron chi connectivity index (χ3n) is 3.97. The van der Waals surface area contributed by atoms with E-state index in [2.05, 4.69) is 11.1 Å². The molecule has 0 radical (unpaired) electrons. The molecule has 5 nitrogen and oxygen atoms in total. The molecule has 1 aromatic heterocycles. The van der Waals surface area contributed by atoms with Crippen LogP contribution >= 0.6 is 0 Å². The number of nitrogen functional groups attached to an aromatic ring is 1. The monoisotopic (exact) mass is 319 g/mol. The van der Waals surface area contributed by atoms with Gasteiger partial charge in [-0.25, -0.2) is 4.79 Å². The Bertz CT molecular complexity index is 937. The van der Waals surface area contributed by atoms with Crippen molar-refractivity contribution in [2.24, 2.45) is 0 Å². The number of ether oxygens (including phenoxy) is 1. The first-order valence-corrected chi connectivity index (χ1v) is 7.68. The zero-order chi connectivity index (χ0) is 17.1. The number of fused-ring (bicyclic) bond motifs is 1. The van der Waals surface area contributed by atoms with Gasteiger partial charge in [0.2, 0.25) is 0 Å². The number of aromatic nitrogens is 1. The van der Waals surface area contributed by atoms with Crippen LogP contribution in [0.4, 0.5) is 5.69 Å². The minimum atomic E-state index is -0.505. The van der Waals surface area contributed by atoms with Crippen LogP contribution in [0.2, 0.25) is 0 Å². The highest BCUT2D eigenvalue weighted by Crippen LogP contribution is 2.31. The SMILES string of the molecule is CCOC(=O)c1cc(C(C#N)c2c[nH]c3ccccc23)ccc1N. The molecule has 1 heterocycles. The molecule has 3 N–H and O–H groups in total. The van der Waals surface area contributed by atoms with Crippen molar-refractivity contribution in [2.75, 3.05) is 12.3 Å². The number of para-hydroxylation sites is 1. The molecule has 1 unspecified atom stereocenters. The quantitative estimate of drug-likeness (QED) is 0.568. The third-order valence-corrected chi connectivity index (χ3v) is 3.97. The summed E-state index contributed by atoms with van der Waals surface area (Å²) in [6.45, 7) is 2.01. The van der Waals surface area contributed by atoms with Gasteiger partial charge in [0.25, 0.3) is 0 Å².